The highest BCUT2D eigenvalue weighted by Crippen LogP contribution is 2.35. The summed E-state index contributed by atoms with van der Waals surface area (Å²) in [5.41, 5.74) is 4.69. The number of Topliss-reactive ketones (excluding diaryl/α,β-unsaturated/α-hetero) is 1. The van der Waals surface area contributed by atoms with E-state index in [0.29, 0.717) is 18.4 Å². The number of fused-ring (bicyclic) bond motifs is 1. The highest BCUT2D eigenvalue weighted by atomic mass is 32.2. The quantitative estimate of drug-likeness (QED) is 0.239. The molecule has 2 heterocycles. The van der Waals surface area contributed by atoms with Gasteiger partial charge in [0.15, 0.2) is 0 Å². The maximum absolute atomic E-state index is 14.4. The number of benzene rings is 1. The van der Waals surface area contributed by atoms with Gasteiger partial charge in [-0.25, -0.2) is 13.2 Å². The molecular weight excluding hydrogens is 660 g/mol. The number of nitrogens with one attached hydrogen (secondary N) is 3. The molecule has 0 spiro atoms. The second-order valence-electron chi connectivity index (χ2n) is 16.8. The summed E-state index contributed by atoms with van der Waals surface area (Å²) in [6.07, 6.45) is 3.50. The van der Waals surface area contributed by atoms with Crippen LogP contribution in [0.15, 0.2) is 29.2 Å². The number of sulfonamides is 1. The van der Waals surface area contributed by atoms with Crippen LogP contribution in [0.4, 0.5) is 4.79 Å². The van der Waals surface area contributed by atoms with Crippen molar-refractivity contribution in [1.82, 2.24) is 25.2 Å². The zero-order valence-corrected chi connectivity index (χ0v) is 31.6. The zero-order chi connectivity index (χ0) is 37.3. The fraction of sp³-hybridized carbons (Fsp3) is 0.694. The Balaban J connectivity index is 1.53. The Hall–Kier alpha value is -3.52. The Bertz CT molecular complexity index is 1580. The minimum Gasteiger partial charge on any atom is -0.363 e. The highest BCUT2D eigenvalue weighted by molar-refractivity contribution is 7.89. The SMILES string of the molecule is CC(C)C1C[C@@H](C(=O)NC(CC2CCC2)C(=O)C(N)=O)N(C(=O)[C@@H](NC(=O)N[C@H](CN2Cc3ccccc3S2(=O)=O)C(C)(C)C)C(C)(C)C)C1. The number of likely N-dealkylation sites (tertiary alicyclic amines) is 1. The van der Waals surface area contributed by atoms with E-state index in [9.17, 15) is 32.4 Å². The first-order valence-corrected chi connectivity index (χ1v) is 19.1. The Kier molecular flexibility index (Phi) is 11.8. The summed E-state index contributed by atoms with van der Waals surface area (Å²) in [4.78, 5) is 68.3. The number of nitrogens with two attached hydrogens (primary N) is 1. The standard InChI is InChI=1S/C36H56N6O7S/c1-21(2)24-17-26(32(45)38-25(29(43)31(37)44)16-22-12-11-13-22)42(19-24)33(46)30(36(6,7)8)40-34(47)39-28(35(3,4)5)20-41-18-23-14-9-10-15-27(23)50(41,48)49/h9-10,14-15,21-22,24-26,28,30H,11-13,16-20H2,1-8H3,(H2,37,44)(H,38,45)(H2,39,40,47)/t24?,25?,26-,28+,30+/m0/s1. The van der Waals surface area contributed by atoms with Gasteiger partial charge in [0.05, 0.1) is 10.9 Å². The van der Waals surface area contributed by atoms with Crippen LogP contribution in [0.2, 0.25) is 0 Å². The lowest BCUT2D eigenvalue weighted by Gasteiger charge is -2.38. The van der Waals surface area contributed by atoms with E-state index in [-0.39, 0.29) is 42.3 Å². The average molecular weight is 717 g/mol. The van der Waals surface area contributed by atoms with E-state index in [4.69, 9.17) is 5.73 Å². The predicted octanol–water partition coefficient (Wildman–Crippen LogP) is 2.92. The van der Waals surface area contributed by atoms with Gasteiger partial charge >= 0.3 is 6.03 Å². The summed E-state index contributed by atoms with van der Waals surface area (Å²) >= 11 is 0. The minimum atomic E-state index is -3.74. The van der Waals surface area contributed by atoms with Gasteiger partial charge in [-0.15, -0.1) is 0 Å². The molecule has 14 heteroatoms. The van der Waals surface area contributed by atoms with Gasteiger partial charge in [-0.1, -0.05) is 92.9 Å². The van der Waals surface area contributed by atoms with E-state index in [0.717, 1.165) is 19.3 Å². The van der Waals surface area contributed by atoms with Crippen LogP contribution in [0.3, 0.4) is 0 Å². The summed E-state index contributed by atoms with van der Waals surface area (Å²) in [6, 6.07) is 2.54. The molecule has 5 atom stereocenters. The number of hydrogen-bond acceptors (Lipinski definition) is 7. The number of hydrogen-bond donors (Lipinski definition) is 4. The molecule has 278 valence electrons. The Labute approximate surface area is 296 Å². The molecule has 2 aliphatic heterocycles. The topological polar surface area (TPSA) is 188 Å². The van der Waals surface area contributed by atoms with Crippen molar-refractivity contribution >= 4 is 39.6 Å². The maximum atomic E-state index is 14.4. The number of carbonyl (C=O) groups is 5. The van der Waals surface area contributed by atoms with Crippen LogP contribution in [0.5, 0.6) is 0 Å². The molecule has 5 N–H and O–H groups in total. The third-order valence-corrected chi connectivity index (χ3v) is 12.5. The zero-order valence-electron chi connectivity index (χ0n) is 30.7. The lowest BCUT2D eigenvalue weighted by molar-refractivity contribution is -0.143. The molecule has 2 unspecified atom stereocenters. The monoisotopic (exact) mass is 716 g/mol. The van der Waals surface area contributed by atoms with Gasteiger partial charge in [0.1, 0.15) is 12.1 Å². The molecule has 1 aromatic carbocycles. The third kappa shape index (κ3) is 8.85. The number of urea groups is 1. The molecule has 0 bridgehead atoms. The number of amides is 5. The van der Waals surface area contributed by atoms with Crippen molar-refractivity contribution in [3.05, 3.63) is 29.8 Å². The second kappa shape index (κ2) is 15.0. The van der Waals surface area contributed by atoms with Crippen molar-refractivity contribution in [2.24, 2.45) is 34.3 Å². The first kappa shape index (κ1) is 39.3. The van der Waals surface area contributed by atoms with Crippen molar-refractivity contribution in [2.75, 3.05) is 13.1 Å². The molecule has 50 heavy (non-hydrogen) atoms. The van der Waals surface area contributed by atoms with E-state index >= 15 is 0 Å². The van der Waals surface area contributed by atoms with Gasteiger partial charge in [-0.2, -0.15) is 4.31 Å². The van der Waals surface area contributed by atoms with Crippen LogP contribution < -0.4 is 21.7 Å². The lowest BCUT2D eigenvalue weighted by atomic mass is 9.80. The highest BCUT2D eigenvalue weighted by Gasteiger charge is 2.47. The smallest absolute Gasteiger partial charge is 0.315 e. The van der Waals surface area contributed by atoms with Crippen LogP contribution in [-0.4, -0.2) is 84.4 Å². The van der Waals surface area contributed by atoms with Crippen molar-refractivity contribution in [3.8, 4) is 0 Å². The number of carbonyl (C=O) groups excluding carboxylic acids is 5. The Morgan fingerprint density at radius 3 is 2.10 bits per heavy atom. The summed E-state index contributed by atoms with van der Waals surface area (Å²) in [5.74, 6) is -2.61. The van der Waals surface area contributed by atoms with Crippen molar-refractivity contribution in [1.29, 1.82) is 0 Å². The number of rotatable bonds is 12. The molecule has 3 aliphatic rings. The molecule has 5 amide bonds. The van der Waals surface area contributed by atoms with Gasteiger partial charge in [0, 0.05) is 25.7 Å². The van der Waals surface area contributed by atoms with Crippen molar-refractivity contribution in [3.63, 3.8) is 0 Å². The van der Waals surface area contributed by atoms with Gasteiger partial charge in [-0.05, 0) is 53.1 Å². The van der Waals surface area contributed by atoms with E-state index in [2.05, 4.69) is 16.0 Å². The van der Waals surface area contributed by atoms with Crippen LogP contribution in [0, 0.1) is 28.6 Å². The van der Waals surface area contributed by atoms with E-state index in [1.165, 1.54) is 9.21 Å². The number of primary amides is 1. The summed E-state index contributed by atoms with van der Waals surface area (Å²) in [5, 5.41) is 8.57. The van der Waals surface area contributed by atoms with E-state index in [1.807, 2.05) is 55.4 Å². The molecule has 13 nitrogen and oxygen atoms in total. The molecular formula is C36H56N6O7S. The molecule has 0 radical (unpaired) electrons. The first-order chi connectivity index (χ1) is 23.1. The van der Waals surface area contributed by atoms with Gasteiger partial charge in [-0.3, -0.25) is 19.2 Å². The summed E-state index contributed by atoms with van der Waals surface area (Å²) < 4.78 is 28.0. The van der Waals surface area contributed by atoms with Crippen LogP contribution >= 0.6 is 0 Å². The first-order valence-electron chi connectivity index (χ1n) is 17.7. The van der Waals surface area contributed by atoms with Gasteiger partial charge in [0.25, 0.3) is 5.91 Å². The molecule has 0 aromatic heterocycles. The van der Waals surface area contributed by atoms with E-state index < -0.39 is 74.6 Å². The Morgan fingerprint density at radius 2 is 1.58 bits per heavy atom. The Morgan fingerprint density at radius 1 is 0.940 bits per heavy atom. The fourth-order valence-electron chi connectivity index (χ4n) is 6.92. The summed E-state index contributed by atoms with van der Waals surface area (Å²) in [7, 11) is -3.74. The van der Waals surface area contributed by atoms with Gasteiger partial charge in [0.2, 0.25) is 27.6 Å². The maximum Gasteiger partial charge on any atom is 0.315 e. The number of nitrogens with zero attached hydrogens (tertiary/aromatic N) is 2. The number of ketones is 1. The third-order valence-electron chi connectivity index (χ3n) is 10.6. The second-order valence-corrected chi connectivity index (χ2v) is 18.7. The molecule has 2 fully saturated rings. The molecule has 1 saturated heterocycles. The van der Waals surface area contributed by atoms with Crippen molar-refractivity contribution < 1.29 is 32.4 Å². The lowest BCUT2D eigenvalue weighted by Crippen LogP contribution is -2.62. The molecule has 4 rings (SSSR count). The predicted molar refractivity (Wildman–Crippen MR) is 189 cm³/mol. The fourth-order valence-corrected chi connectivity index (χ4v) is 8.57. The summed E-state index contributed by atoms with van der Waals surface area (Å²) in [6.45, 7) is 15.7. The van der Waals surface area contributed by atoms with E-state index in [1.54, 1.807) is 24.3 Å². The molecule has 1 saturated carbocycles. The van der Waals surface area contributed by atoms with Crippen LogP contribution in [-0.2, 0) is 35.7 Å². The van der Waals surface area contributed by atoms with Crippen LogP contribution in [0.1, 0.15) is 93.1 Å². The minimum absolute atomic E-state index is 0.0159. The molecule has 1 aliphatic carbocycles. The average Bonchev–Trinajstić information content (AvgIpc) is 3.54. The van der Waals surface area contributed by atoms with Crippen molar-refractivity contribution in [2.45, 2.75) is 123 Å². The van der Waals surface area contributed by atoms with Gasteiger partial charge < -0.3 is 26.6 Å². The van der Waals surface area contributed by atoms with Crippen LogP contribution in [0.25, 0.3) is 0 Å². The largest absolute Gasteiger partial charge is 0.363 e. The molecule has 1 aromatic rings. The normalized spacial score (nSPS) is 22.6.